The second-order valence-electron chi connectivity index (χ2n) is 3.22. The van der Waals surface area contributed by atoms with Gasteiger partial charge in [0.05, 0.1) is 13.2 Å². The topological polar surface area (TPSA) is 29.5 Å². The van der Waals surface area contributed by atoms with E-state index in [2.05, 4.69) is 4.74 Å². The van der Waals surface area contributed by atoms with E-state index in [9.17, 15) is 43.9 Å². The number of rotatable bonds is 5. The van der Waals surface area contributed by atoms with E-state index in [1.165, 1.54) is 0 Å². The molecular formula is C7H6F10O2. The van der Waals surface area contributed by atoms with Gasteiger partial charge < -0.3 is 9.84 Å². The molecule has 0 aromatic heterocycles. The third-order valence-corrected chi connectivity index (χ3v) is 1.79. The number of aliphatic hydroxyl groups is 1. The minimum atomic E-state index is -6.68. The van der Waals surface area contributed by atoms with Gasteiger partial charge >= 0.3 is 24.2 Å². The lowest BCUT2D eigenvalue weighted by Crippen LogP contribution is -2.61. The summed E-state index contributed by atoms with van der Waals surface area (Å²) < 4.78 is 125. The van der Waals surface area contributed by atoms with Gasteiger partial charge in [-0.2, -0.15) is 43.9 Å². The number of ether oxygens (including phenoxy) is 1. The van der Waals surface area contributed by atoms with Gasteiger partial charge in [0.2, 0.25) is 6.10 Å². The van der Waals surface area contributed by atoms with Crippen molar-refractivity contribution < 1.29 is 53.7 Å². The highest BCUT2D eigenvalue weighted by Crippen LogP contribution is 2.49. The van der Waals surface area contributed by atoms with Crippen LogP contribution < -0.4 is 0 Å². The molecule has 0 aromatic carbocycles. The molecule has 0 spiro atoms. The number of alkyl halides is 10. The van der Waals surface area contributed by atoms with E-state index in [0.717, 1.165) is 0 Å². The Kier molecular flexibility index (Phi) is 5.09. The molecule has 12 heteroatoms. The Bertz CT molecular complexity index is 267. The van der Waals surface area contributed by atoms with Crippen molar-refractivity contribution in [2.24, 2.45) is 0 Å². The number of aliphatic hydroxyl groups excluding tert-OH is 1. The summed E-state index contributed by atoms with van der Waals surface area (Å²) in [7, 11) is 0. The molecule has 1 N–H and O–H groups in total. The van der Waals surface area contributed by atoms with E-state index in [4.69, 9.17) is 5.11 Å². The largest absolute Gasteiger partial charge is 0.456 e. The summed E-state index contributed by atoms with van der Waals surface area (Å²) in [6.07, 6.45) is -18.2. The molecule has 0 amide bonds. The van der Waals surface area contributed by atoms with Gasteiger partial charge in [-0.05, 0) is 0 Å². The molecule has 0 atom stereocenters. The maximum absolute atomic E-state index is 12.6. The summed E-state index contributed by atoms with van der Waals surface area (Å²) in [5, 5.41) is 8.07. The lowest BCUT2D eigenvalue weighted by Gasteiger charge is -2.34. The molecule has 0 bridgehead atoms. The van der Waals surface area contributed by atoms with Crippen LogP contribution >= 0.6 is 0 Å². The Labute approximate surface area is 98.5 Å². The van der Waals surface area contributed by atoms with Crippen molar-refractivity contribution in [3.05, 3.63) is 0 Å². The van der Waals surface area contributed by atoms with Gasteiger partial charge in [-0.25, -0.2) is 0 Å². The number of halogens is 10. The molecule has 19 heavy (non-hydrogen) atoms. The summed E-state index contributed by atoms with van der Waals surface area (Å²) in [6, 6.07) is 0. The average molecular weight is 312 g/mol. The first-order valence-electron chi connectivity index (χ1n) is 4.31. The van der Waals surface area contributed by atoms with Crippen LogP contribution in [0.4, 0.5) is 43.9 Å². The van der Waals surface area contributed by atoms with Crippen LogP contribution in [0.3, 0.4) is 0 Å². The maximum atomic E-state index is 12.6. The second kappa shape index (κ2) is 5.31. The predicted octanol–water partition coefficient (Wildman–Crippen LogP) is 2.76. The van der Waals surface area contributed by atoms with E-state index < -0.39 is 43.5 Å². The molecule has 0 aliphatic rings. The first-order valence-corrected chi connectivity index (χ1v) is 4.31. The monoisotopic (exact) mass is 312 g/mol. The van der Waals surface area contributed by atoms with Gasteiger partial charge in [0.1, 0.15) is 0 Å². The Morgan fingerprint density at radius 3 is 1.26 bits per heavy atom. The molecule has 0 saturated carbocycles. The smallest absolute Gasteiger partial charge is 0.394 e. The van der Waals surface area contributed by atoms with E-state index in [-0.39, 0.29) is 0 Å². The summed E-state index contributed by atoms with van der Waals surface area (Å²) in [5.74, 6) is -12.9. The van der Waals surface area contributed by atoms with Gasteiger partial charge in [0, 0.05) is 0 Å². The Morgan fingerprint density at radius 2 is 1.05 bits per heavy atom. The minimum Gasteiger partial charge on any atom is -0.394 e. The number of hydrogen-bond acceptors (Lipinski definition) is 2. The fourth-order valence-electron chi connectivity index (χ4n) is 0.905. The lowest BCUT2D eigenvalue weighted by atomic mass is 10.0. The van der Waals surface area contributed by atoms with Crippen LogP contribution in [0.15, 0.2) is 0 Å². The molecule has 0 rings (SSSR count). The Morgan fingerprint density at radius 1 is 0.737 bits per heavy atom. The van der Waals surface area contributed by atoms with Crippen LogP contribution in [0.2, 0.25) is 0 Å². The summed E-state index contributed by atoms with van der Waals surface area (Å²) in [4.78, 5) is 0. The van der Waals surface area contributed by atoms with Crippen molar-refractivity contribution in [1.82, 2.24) is 0 Å². The Balaban J connectivity index is 5.58. The highest BCUT2D eigenvalue weighted by atomic mass is 19.4. The third-order valence-electron chi connectivity index (χ3n) is 1.79. The van der Waals surface area contributed by atoms with E-state index in [0.29, 0.717) is 0 Å². The van der Waals surface area contributed by atoms with Crippen LogP contribution in [-0.2, 0) is 4.74 Å². The molecule has 0 aliphatic heterocycles. The molecule has 0 heterocycles. The van der Waals surface area contributed by atoms with Crippen LogP contribution in [0, 0.1) is 0 Å². The second-order valence-corrected chi connectivity index (χ2v) is 3.22. The summed E-state index contributed by atoms with van der Waals surface area (Å²) >= 11 is 0. The highest BCUT2D eigenvalue weighted by Gasteiger charge is 2.76. The zero-order valence-electron chi connectivity index (χ0n) is 8.63. The third kappa shape index (κ3) is 3.61. The predicted molar refractivity (Wildman–Crippen MR) is 38.8 cm³/mol. The van der Waals surface area contributed by atoms with Gasteiger partial charge in [-0.3, -0.25) is 0 Å². The first kappa shape index (κ1) is 18.2. The number of hydrogen-bond donors (Lipinski definition) is 1. The fraction of sp³-hybridized carbons (Fsp3) is 1.00. The summed E-state index contributed by atoms with van der Waals surface area (Å²) in [6.45, 7) is -2.87. The highest BCUT2D eigenvalue weighted by molar-refractivity contribution is 4.98. The van der Waals surface area contributed by atoms with Gasteiger partial charge in [-0.15, -0.1) is 0 Å². The van der Waals surface area contributed by atoms with E-state index >= 15 is 0 Å². The zero-order valence-corrected chi connectivity index (χ0v) is 8.63. The van der Waals surface area contributed by atoms with Crippen LogP contribution in [0.5, 0.6) is 0 Å². The fourth-order valence-corrected chi connectivity index (χ4v) is 0.905. The quantitative estimate of drug-likeness (QED) is 0.791. The lowest BCUT2D eigenvalue weighted by molar-refractivity contribution is -0.391. The van der Waals surface area contributed by atoms with Crippen molar-refractivity contribution in [3.63, 3.8) is 0 Å². The standard InChI is InChI=1S/C7H6F10O2/c8-4(9,6(12,13)14)3(19-2-1-18)5(10,11)7(15,16)17/h3,18H,1-2H2. The zero-order chi connectivity index (χ0) is 15.7. The molecule has 0 unspecified atom stereocenters. The van der Waals surface area contributed by atoms with Crippen molar-refractivity contribution in [2.75, 3.05) is 13.2 Å². The SMILES string of the molecule is OCCOC(C(F)(F)C(F)(F)F)C(F)(F)C(F)(F)F. The molecule has 0 radical (unpaired) electrons. The maximum Gasteiger partial charge on any atom is 0.456 e. The molecule has 2 nitrogen and oxygen atoms in total. The minimum absolute atomic E-state index is 1.32. The summed E-state index contributed by atoms with van der Waals surface area (Å²) in [5.41, 5.74) is 0. The van der Waals surface area contributed by atoms with Crippen LogP contribution in [0.1, 0.15) is 0 Å². The van der Waals surface area contributed by atoms with E-state index in [1.54, 1.807) is 0 Å². The van der Waals surface area contributed by atoms with Crippen molar-refractivity contribution >= 4 is 0 Å². The van der Waals surface area contributed by atoms with Crippen molar-refractivity contribution in [3.8, 4) is 0 Å². The molecule has 0 fully saturated rings. The normalized spacial score (nSPS) is 15.2. The average Bonchev–Trinajstić information content (AvgIpc) is 2.13. The Hall–Kier alpha value is -0.780. The molecule has 0 aromatic rings. The van der Waals surface area contributed by atoms with Gasteiger partial charge in [0.25, 0.3) is 0 Å². The van der Waals surface area contributed by atoms with Gasteiger partial charge in [-0.1, -0.05) is 0 Å². The molecule has 116 valence electrons. The van der Waals surface area contributed by atoms with Crippen molar-refractivity contribution in [1.29, 1.82) is 0 Å². The first-order chi connectivity index (χ1) is 8.19. The van der Waals surface area contributed by atoms with Crippen LogP contribution in [-0.4, -0.2) is 48.6 Å². The van der Waals surface area contributed by atoms with Crippen LogP contribution in [0.25, 0.3) is 0 Å². The molecular weight excluding hydrogens is 306 g/mol. The van der Waals surface area contributed by atoms with Crippen molar-refractivity contribution in [2.45, 2.75) is 30.3 Å². The van der Waals surface area contributed by atoms with E-state index in [1.807, 2.05) is 0 Å². The molecule has 0 aliphatic carbocycles. The van der Waals surface area contributed by atoms with Gasteiger partial charge in [0.15, 0.2) is 0 Å². The molecule has 0 saturated heterocycles.